The van der Waals surface area contributed by atoms with E-state index >= 15 is 0 Å². The molecule has 0 heterocycles. The predicted molar refractivity (Wildman–Crippen MR) is 84.4 cm³/mol. The van der Waals surface area contributed by atoms with E-state index in [1.807, 2.05) is 44.2 Å². The molecule has 0 fully saturated rings. The van der Waals surface area contributed by atoms with Crippen molar-refractivity contribution in [3.8, 4) is 5.75 Å². The van der Waals surface area contributed by atoms with E-state index in [9.17, 15) is 4.79 Å². The van der Waals surface area contributed by atoms with Gasteiger partial charge < -0.3 is 10.1 Å². The van der Waals surface area contributed by atoms with Crippen LogP contribution in [0.4, 0.5) is 5.69 Å². The molecule has 0 aromatic heterocycles. The van der Waals surface area contributed by atoms with Crippen LogP contribution in [0.2, 0.25) is 0 Å². The minimum Gasteiger partial charge on any atom is -0.492 e. The van der Waals surface area contributed by atoms with E-state index in [0.29, 0.717) is 23.6 Å². The highest BCUT2D eigenvalue weighted by Gasteiger charge is 2.10. The molecule has 0 bridgehead atoms. The van der Waals surface area contributed by atoms with E-state index < -0.39 is 0 Å². The Kier molecular flexibility index (Phi) is 4.79. The number of halogens is 1. The molecule has 0 saturated heterocycles. The molecule has 2 aromatic carbocycles. The maximum atomic E-state index is 12.2. The van der Waals surface area contributed by atoms with E-state index in [2.05, 4.69) is 21.2 Å². The molecular weight excluding hydrogens is 318 g/mol. The van der Waals surface area contributed by atoms with Crippen LogP contribution >= 0.6 is 15.9 Å². The number of hydrogen-bond acceptors (Lipinski definition) is 2. The average Bonchev–Trinajstić information content (AvgIpc) is 2.43. The Labute approximate surface area is 127 Å². The molecule has 4 heteroatoms. The number of ether oxygens (including phenoxy) is 1. The number of carbonyl (C=O) groups is 1. The maximum Gasteiger partial charge on any atom is 0.255 e. The zero-order valence-corrected chi connectivity index (χ0v) is 13.0. The highest BCUT2D eigenvalue weighted by Crippen LogP contribution is 2.26. The summed E-state index contributed by atoms with van der Waals surface area (Å²) in [5.74, 6) is 0.542. The fraction of sp³-hybridized carbons (Fsp3) is 0.188. The lowest BCUT2D eigenvalue weighted by molar-refractivity contribution is 0.102. The summed E-state index contributed by atoms with van der Waals surface area (Å²) >= 11 is 3.35. The van der Waals surface area contributed by atoms with Crippen LogP contribution in [-0.4, -0.2) is 12.5 Å². The first-order chi connectivity index (χ1) is 9.60. The molecule has 1 N–H and O–H groups in total. The lowest BCUT2D eigenvalue weighted by atomic mass is 10.2. The molecule has 0 aliphatic carbocycles. The first-order valence-electron chi connectivity index (χ1n) is 6.40. The van der Waals surface area contributed by atoms with Crippen molar-refractivity contribution in [1.82, 2.24) is 0 Å². The van der Waals surface area contributed by atoms with Gasteiger partial charge in [-0.2, -0.15) is 0 Å². The highest BCUT2D eigenvalue weighted by atomic mass is 79.9. The number of benzene rings is 2. The third-order valence-electron chi connectivity index (χ3n) is 2.79. The van der Waals surface area contributed by atoms with Gasteiger partial charge >= 0.3 is 0 Å². The molecule has 1 amide bonds. The van der Waals surface area contributed by atoms with Crippen molar-refractivity contribution in [3.63, 3.8) is 0 Å². The molecule has 0 atom stereocenters. The summed E-state index contributed by atoms with van der Waals surface area (Å²) in [6.45, 7) is 4.47. The molecule has 3 nitrogen and oxygen atoms in total. The standard InChI is InChI=1S/C16H16BrNO2/c1-3-20-15-10-11(2)4-9-14(15)18-16(19)12-5-7-13(17)8-6-12/h4-10H,3H2,1-2H3,(H,18,19). The van der Waals surface area contributed by atoms with Gasteiger partial charge in [0.05, 0.1) is 12.3 Å². The Bertz CT molecular complexity index is 608. The fourth-order valence-electron chi connectivity index (χ4n) is 1.80. The first kappa shape index (κ1) is 14.6. The average molecular weight is 334 g/mol. The van der Waals surface area contributed by atoms with E-state index in [4.69, 9.17) is 4.74 Å². The van der Waals surface area contributed by atoms with Crippen molar-refractivity contribution >= 4 is 27.5 Å². The molecule has 2 aromatic rings. The van der Waals surface area contributed by atoms with Crippen LogP contribution in [0.15, 0.2) is 46.9 Å². The van der Waals surface area contributed by atoms with Crippen molar-refractivity contribution in [3.05, 3.63) is 58.1 Å². The second-order valence-electron chi connectivity index (χ2n) is 4.39. The van der Waals surface area contributed by atoms with Gasteiger partial charge in [0.15, 0.2) is 0 Å². The normalized spacial score (nSPS) is 10.2. The fourth-order valence-corrected chi connectivity index (χ4v) is 2.07. The third kappa shape index (κ3) is 3.61. The predicted octanol–water partition coefficient (Wildman–Crippen LogP) is 4.41. The maximum absolute atomic E-state index is 12.2. The number of aryl methyl sites for hydroxylation is 1. The summed E-state index contributed by atoms with van der Waals surface area (Å²) in [6, 6.07) is 12.9. The zero-order chi connectivity index (χ0) is 14.5. The Morgan fingerprint density at radius 1 is 1.20 bits per heavy atom. The van der Waals surface area contributed by atoms with Crippen molar-refractivity contribution < 1.29 is 9.53 Å². The quantitative estimate of drug-likeness (QED) is 0.899. The largest absolute Gasteiger partial charge is 0.492 e. The summed E-state index contributed by atoms with van der Waals surface area (Å²) in [7, 11) is 0. The van der Waals surface area contributed by atoms with Crippen LogP contribution in [0.5, 0.6) is 5.75 Å². The van der Waals surface area contributed by atoms with Crippen LogP contribution < -0.4 is 10.1 Å². The summed E-state index contributed by atoms with van der Waals surface area (Å²) in [6.07, 6.45) is 0. The van der Waals surface area contributed by atoms with E-state index in [1.54, 1.807) is 12.1 Å². The van der Waals surface area contributed by atoms with Gasteiger partial charge in [0, 0.05) is 10.0 Å². The van der Waals surface area contributed by atoms with Crippen molar-refractivity contribution in [2.24, 2.45) is 0 Å². The molecular formula is C16H16BrNO2. The molecule has 0 aliphatic rings. The molecule has 0 saturated carbocycles. The van der Waals surface area contributed by atoms with Gasteiger partial charge in [-0.15, -0.1) is 0 Å². The van der Waals surface area contributed by atoms with Crippen LogP contribution in [0.3, 0.4) is 0 Å². The van der Waals surface area contributed by atoms with Gasteiger partial charge in [0.25, 0.3) is 5.91 Å². The van der Waals surface area contributed by atoms with Gasteiger partial charge in [-0.05, 0) is 55.8 Å². The van der Waals surface area contributed by atoms with Crippen LogP contribution in [-0.2, 0) is 0 Å². The van der Waals surface area contributed by atoms with Gasteiger partial charge in [-0.1, -0.05) is 22.0 Å². The van der Waals surface area contributed by atoms with Crippen LogP contribution in [0.25, 0.3) is 0 Å². The lowest BCUT2D eigenvalue weighted by Gasteiger charge is -2.12. The Morgan fingerprint density at radius 3 is 2.55 bits per heavy atom. The Morgan fingerprint density at radius 2 is 1.90 bits per heavy atom. The van der Waals surface area contributed by atoms with E-state index in [1.165, 1.54) is 0 Å². The van der Waals surface area contributed by atoms with E-state index in [0.717, 1.165) is 10.0 Å². The van der Waals surface area contributed by atoms with Gasteiger partial charge in [-0.25, -0.2) is 0 Å². The number of amides is 1. The summed E-state index contributed by atoms with van der Waals surface area (Å²) in [4.78, 5) is 12.2. The van der Waals surface area contributed by atoms with Gasteiger partial charge in [0.1, 0.15) is 5.75 Å². The number of rotatable bonds is 4. The Hall–Kier alpha value is -1.81. The number of carbonyl (C=O) groups excluding carboxylic acids is 1. The smallest absolute Gasteiger partial charge is 0.255 e. The highest BCUT2D eigenvalue weighted by molar-refractivity contribution is 9.10. The number of anilines is 1. The second kappa shape index (κ2) is 6.57. The van der Waals surface area contributed by atoms with Gasteiger partial charge in [-0.3, -0.25) is 4.79 Å². The molecule has 0 spiro atoms. The topological polar surface area (TPSA) is 38.3 Å². The van der Waals surface area contributed by atoms with E-state index in [-0.39, 0.29) is 5.91 Å². The number of hydrogen-bond donors (Lipinski definition) is 1. The third-order valence-corrected chi connectivity index (χ3v) is 3.32. The first-order valence-corrected chi connectivity index (χ1v) is 7.20. The molecule has 0 aliphatic heterocycles. The molecule has 0 unspecified atom stereocenters. The second-order valence-corrected chi connectivity index (χ2v) is 5.31. The minimum absolute atomic E-state index is 0.151. The van der Waals surface area contributed by atoms with Crippen LogP contribution in [0, 0.1) is 6.92 Å². The van der Waals surface area contributed by atoms with Crippen LogP contribution in [0.1, 0.15) is 22.8 Å². The zero-order valence-electron chi connectivity index (χ0n) is 11.4. The summed E-state index contributed by atoms with van der Waals surface area (Å²) in [5, 5.41) is 2.88. The lowest BCUT2D eigenvalue weighted by Crippen LogP contribution is -2.13. The van der Waals surface area contributed by atoms with Crippen molar-refractivity contribution in [2.75, 3.05) is 11.9 Å². The monoisotopic (exact) mass is 333 g/mol. The van der Waals surface area contributed by atoms with Gasteiger partial charge in [0.2, 0.25) is 0 Å². The molecule has 104 valence electrons. The summed E-state index contributed by atoms with van der Waals surface area (Å²) in [5.41, 5.74) is 2.39. The van der Waals surface area contributed by atoms with Crippen molar-refractivity contribution in [1.29, 1.82) is 0 Å². The summed E-state index contributed by atoms with van der Waals surface area (Å²) < 4.78 is 6.50. The molecule has 20 heavy (non-hydrogen) atoms. The number of nitrogens with one attached hydrogen (secondary N) is 1. The van der Waals surface area contributed by atoms with Crippen molar-refractivity contribution in [2.45, 2.75) is 13.8 Å². The molecule has 0 radical (unpaired) electrons. The minimum atomic E-state index is -0.151. The molecule has 2 rings (SSSR count). The SMILES string of the molecule is CCOc1cc(C)ccc1NC(=O)c1ccc(Br)cc1. The Balaban J connectivity index is 2.21.